The maximum Gasteiger partial charge on any atom is 0.222 e. The highest BCUT2D eigenvalue weighted by molar-refractivity contribution is 6.30. The zero-order chi connectivity index (χ0) is 10.8. The number of carbonyl (C=O) groups excluding carboxylic acids is 1. The van der Waals surface area contributed by atoms with Crippen molar-refractivity contribution in [2.45, 2.75) is 12.5 Å². The van der Waals surface area contributed by atoms with Crippen molar-refractivity contribution >= 4 is 23.3 Å². The summed E-state index contributed by atoms with van der Waals surface area (Å²) in [6.45, 7) is 0.489. The summed E-state index contributed by atoms with van der Waals surface area (Å²) in [5.41, 5.74) is 0. The van der Waals surface area contributed by atoms with E-state index in [9.17, 15) is 9.18 Å². The van der Waals surface area contributed by atoms with Gasteiger partial charge in [0.2, 0.25) is 5.91 Å². The predicted octanol–water partition coefficient (Wildman–Crippen LogP) is 1.17. The molecule has 0 saturated carbocycles. The number of anilines is 1. The van der Waals surface area contributed by atoms with Crippen molar-refractivity contribution in [1.82, 2.24) is 10.3 Å². The van der Waals surface area contributed by atoms with Crippen molar-refractivity contribution in [3.63, 3.8) is 0 Å². The van der Waals surface area contributed by atoms with E-state index in [4.69, 9.17) is 11.6 Å². The zero-order valence-electron chi connectivity index (χ0n) is 7.76. The van der Waals surface area contributed by atoms with E-state index in [1.807, 2.05) is 0 Å². The molecule has 1 saturated heterocycles. The number of aromatic nitrogens is 1. The number of nitrogens with one attached hydrogen (secondary N) is 2. The molecule has 0 aromatic carbocycles. The topological polar surface area (TPSA) is 54.0 Å². The van der Waals surface area contributed by atoms with Gasteiger partial charge in [-0.3, -0.25) is 4.79 Å². The number of carbonyl (C=O) groups is 1. The first-order valence-corrected chi connectivity index (χ1v) is 4.87. The van der Waals surface area contributed by atoms with Crippen LogP contribution < -0.4 is 10.6 Å². The molecule has 1 unspecified atom stereocenters. The molecule has 15 heavy (non-hydrogen) atoms. The summed E-state index contributed by atoms with van der Waals surface area (Å²) in [6, 6.07) is 1.07. The molecule has 4 nitrogen and oxygen atoms in total. The molecule has 1 aliphatic rings. The number of nitrogens with zero attached hydrogens (tertiary/aromatic N) is 1. The van der Waals surface area contributed by atoms with Crippen LogP contribution in [0.5, 0.6) is 0 Å². The summed E-state index contributed by atoms with van der Waals surface area (Å²) >= 11 is 5.56. The Labute approximate surface area is 90.8 Å². The lowest BCUT2D eigenvalue weighted by molar-refractivity contribution is -0.119. The van der Waals surface area contributed by atoms with Crippen molar-refractivity contribution in [2.24, 2.45) is 0 Å². The highest BCUT2D eigenvalue weighted by atomic mass is 35.5. The van der Waals surface area contributed by atoms with Crippen LogP contribution in [0.1, 0.15) is 6.42 Å². The Kier molecular flexibility index (Phi) is 2.73. The normalized spacial score (nSPS) is 20.1. The first kappa shape index (κ1) is 10.2. The smallest absolute Gasteiger partial charge is 0.222 e. The minimum atomic E-state index is -0.512. The van der Waals surface area contributed by atoms with Crippen molar-refractivity contribution < 1.29 is 9.18 Å². The number of hydrogen-bond donors (Lipinski definition) is 2. The Bertz CT molecular complexity index is 399. The van der Waals surface area contributed by atoms with Gasteiger partial charge in [0.05, 0.1) is 11.1 Å². The fraction of sp³-hybridized carbons (Fsp3) is 0.333. The number of rotatable bonds is 2. The maximum atomic E-state index is 13.3. The summed E-state index contributed by atoms with van der Waals surface area (Å²) in [4.78, 5) is 14.7. The average Bonchev–Trinajstić information content (AvgIpc) is 2.56. The van der Waals surface area contributed by atoms with Gasteiger partial charge in [-0.25, -0.2) is 9.37 Å². The van der Waals surface area contributed by atoms with E-state index in [0.29, 0.717) is 13.0 Å². The number of amides is 1. The molecule has 1 amide bonds. The van der Waals surface area contributed by atoms with Gasteiger partial charge in [-0.2, -0.15) is 0 Å². The standard InChI is InChI=1S/C9H9ClFN3O/c10-5-1-7(11)9(13-3-5)14-6-2-8(15)12-4-6/h1,3,6H,2,4H2,(H,12,15)(H,13,14). The molecule has 1 aliphatic heterocycles. The zero-order valence-corrected chi connectivity index (χ0v) is 8.51. The van der Waals surface area contributed by atoms with Gasteiger partial charge in [0.15, 0.2) is 11.6 Å². The molecule has 80 valence electrons. The Hall–Kier alpha value is -1.36. The van der Waals surface area contributed by atoms with E-state index in [-0.39, 0.29) is 22.8 Å². The van der Waals surface area contributed by atoms with Crippen molar-refractivity contribution in [3.05, 3.63) is 23.1 Å². The fourth-order valence-corrected chi connectivity index (χ4v) is 1.57. The lowest BCUT2D eigenvalue weighted by Crippen LogP contribution is -2.23. The Morgan fingerprint density at radius 3 is 3.07 bits per heavy atom. The van der Waals surface area contributed by atoms with Crippen LogP contribution >= 0.6 is 11.6 Å². The number of hydrogen-bond acceptors (Lipinski definition) is 3. The van der Waals surface area contributed by atoms with Gasteiger partial charge in [0.25, 0.3) is 0 Å². The molecule has 1 aromatic heterocycles. The van der Waals surface area contributed by atoms with Gasteiger partial charge in [0.1, 0.15) is 0 Å². The predicted molar refractivity (Wildman–Crippen MR) is 54.2 cm³/mol. The minimum Gasteiger partial charge on any atom is -0.363 e. The SMILES string of the molecule is O=C1CC(Nc2ncc(Cl)cc2F)CN1. The first-order chi connectivity index (χ1) is 7.15. The summed E-state index contributed by atoms with van der Waals surface area (Å²) < 4.78 is 13.3. The molecular formula is C9H9ClFN3O. The monoisotopic (exact) mass is 229 g/mol. The van der Waals surface area contributed by atoms with Crippen LogP contribution in [0.3, 0.4) is 0 Å². The van der Waals surface area contributed by atoms with Crippen LogP contribution in [-0.2, 0) is 4.79 Å². The van der Waals surface area contributed by atoms with Crippen LogP contribution in [0.25, 0.3) is 0 Å². The second-order valence-corrected chi connectivity index (χ2v) is 3.77. The van der Waals surface area contributed by atoms with E-state index in [2.05, 4.69) is 15.6 Å². The van der Waals surface area contributed by atoms with Crippen LogP contribution in [0.15, 0.2) is 12.3 Å². The molecule has 2 heterocycles. The molecule has 0 bridgehead atoms. The third-order valence-electron chi connectivity index (χ3n) is 2.13. The van der Waals surface area contributed by atoms with Crippen molar-refractivity contribution in [1.29, 1.82) is 0 Å². The van der Waals surface area contributed by atoms with Gasteiger partial charge < -0.3 is 10.6 Å². The quantitative estimate of drug-likeness (QED) is 0.801. The van der Waals surface area contributed by atoms with E-state index in [1.54, 1.807) is 0 Å². The lowest BCUT2D eigenvalue weighted by Gasteiger charge is -2.11. The highest BCUT2D eigenvalue weighted by Gasteiger charge is 2.22. The van der Waals surface area contributed by atoms with E-state index < -0.39 is 5.82 Å². The first-order valence-electron chi connectivity index (χ1n) is 4.49. The molecule has 6 heteroatoms. The van der Waals surface area contributed by atoms with Crippen LogP contribution in [0.4, 0.5) is 10.2 Å². The van der Waals surface area contributed by atoms with E-state index in [0.717, 1.165) is 0 Å². The summed E-state index contributed by atoms with van der Waals surface area (Å²) in [5.74, 6) is -0.426. The van der Waals surface area contributed by atoms with Gasteiger partial charge in [-0.05, 0) is 6.07 Å². The largest absolute Gasteiger partial charge is 0.363 e. The molecule has 2 N–H and O–H groups in total. The second kappa shape index (κ2) is 4.02. The van der Waals surface area contributed by atoms with E-state index in [1.165, 1.54) is 12.3 Å². The van der Waals surface area contributed by atoms with Crippen LogP contribution in [0.2, 0.25) is 5.02 Å². The van der Waals surface area contributed by atoms with Gasteiger partial charge in [-0.1, -0.05) is 11.6 Å². The highest BCUT2D eigenvalue weighted by Crippen LogP contribution is 2.17. The Morgan fingerprint density at radius 1 is 1.67 bits per heavy atom. The molecule has 0 spiro atoms. The van der Waals surface area contributed by atoms with Crippen LogP contribution in [-0.4, -0.2) is 23.5 Å². The lowest BCUT2D eigenvalue weighted by atomic mass is 10.2. The minimum absolute atomic E-state index is 0.0399. The molecule has 1 atom stereocenters. The van der Waals surface area contributed by atoms with Gasteiger partial charge in [-0.15, -0.1) is 0 Å². The average molecular weight is 230 g/mol. The molecule has 0 aliphatic carbocycles. The third kappa shape index (κ3) is 2.36. The van der Waals surface area contributed by atoms with Crippen LogP contribution in [0, 0.1) is 5.82 Å². The van der Waals surface area contributed by atoms with Crippen molar-refractivity contribution in [3.8, 4) is 0 Å². The Balaban J connectivity index is 2.07. The fourth-order valence-electron chi connectivity index (χ4n) is 1.42. The van der Waals surface area contributed by atoms with Gasteiger partial charge in [0, 0.05) is 19.2 Å². The molecular weight excluding hydrogens is 221 g/mol. The Morgan fingerprint density at radius 2 is 2.47 bits per heavy atom. The number of halogens is 2. The third-order valence-corrected chi connectivity index (χ3v) is 2.33. The molecule has 1 aromatic rings. The second-order valence-electron chi connectivity index (χ2n) is 3.33. The van der Waals surface area contributed by atoms with E-state index >= 15 is 0 Å². The number of pyridine rings is 1. The summed E-state index contributed by atoms with van der Waals surface area (Å²) in [6.07, 6.45) is 1.70. The van der Waals surface area contributed by atoms with Gasteiger partial charge >= 0.3 is 0 Å². The molecule has 0 radical (unpaired) electrons. The molecule has 2 rings (SSSR count). The summed E-state index contributed by atoms with van der Waals surface area (Å²) in [5, 5.41) is 5.73. The van der Waals surface area contributed by atoms with Crippen molar-refractivity contribution in [2.75, 3.05) is 11.9 Å². The molecule has 1 fully saturated rings. The maximum absolute atomic E-state index is 13.3. The summed E-state index contributed by atoms with van der Waals surface area (Å²) in [7, 11) is 0.